The number of aliphatic hydroxyl groups excluding tert-OH is 1. The third-order valence-corrected chi connectivity index (χ3v) is 8.05. The summed E-state index contributed by atoms with van der Waals surface area (Å²) < 4.78 is 33.9. The van der Waals surface area contributed by atoms with Crippen LogP contribution in [0.15, 0.2) is 41.3 Å². The first-order valence-corrected chi connectivity index (χ1v) is 11.8. The van der Waals surface area contributed by atoms with Crippen LogP contribution in [0.3, 0.4) is 0 Å². The van der Waals surface area contributed by atoms with Crippen LogP contribution in [-0.2, 0) is 10.0 Å². The first-order chi connectivity index (χ1) is 14.2. The Morgan fingerprint density at radius 3 is 2.10 bits per heavy atom. The lowest BCUT2D eigenvalue weighted by Crippen LogP contribution is -2.51. The number of hydrogen-bond acceptors (Lipinski definition) is 5. The molecule has 1 heterocycles. The summed E-state index contributed by atoms with van der Waals surface area (Å²) in [6.45, 7) is 10.4. The molecule has 164 valence electrons. The molecule has 6 nitrogen and oxygen atoms in total. The van der Waals surface area contributed by atoms with Crippen LogP contribution in [-0.4, -0.2) is 68.2 Å². The van der Waals surface area contributed by atoms with Gasteiger partial charge in [0.15, 0.2) is 0 Å². The number of aryl methyl sites for hydroxylation is 2. The Balaban J connectivity index is 1.59. The first kappa shape index (κ1) is 22.7. The molecular formula is C23H32N2O4S. The molecule has 0 spiro atoms. The molecule has 0 aliphatic carbocycles. The fourth-order valence-electron chi connectivity index (χ4n) is 3.91. The zero-order valence-corrected chi connectivity index (χ0v) is 19.1. The Hall–Kier alpha value is -1.93. The first-order valence-electron chi connectivity index (χ1n) is 10.4. The number of aliphatic hydroxyl groups is 1. The molecule has 3 rings (SSSR count). The summed E-state index contributed by atoms with van der Waals surface area (Å²) >= 11 is 0. The summed E-state index contributed by atoms with van der Waals surface area (Å²) in [7, 11) is -3.55. The van der Waals surface area contributed by atoms with E-state index in [2.05, 4.69) is 4.90 Å². The van der Waals surface area contributed by atoms with Gasteiger partial charge in [-0.3, -0.25) is 4.90 Å². The molecule has 0 saturated carbocycles. The van der Waals surface area contributed by atoms with Crippen LogP contribution in [0.5, 0.6) is 5.75 Å². The number of nitrogens with zero attached hydrogens (tertiary/aromatic N) is 2. The standard InChI is InChI=1S/C23H32N2O4S/c1-17-14-18(2)20(4)23(19(17)3)30(27,28)25-12-10-24(11-13-25)15-21(26)16-29-22-8-6-5-7-9-22/h5-9,14,21,26H,10-13,15-16H2,1-4H3/t21-/m1/s1. The largest absolute Gasteiger partial charge is 0.491 e. The van der Waals surface area contributed by atoms with E-state index >= 15 is 0 Å². The van der Waals surface area contributed by atoms with Gasteiger partial charge in [0.05, 0.1) is 4.90 Å². The van der Waals surface area contributed by atoms with E-state index in [1.54, 1.807) is 4.31 Å². The van der Waals surface area contributed by atoms with Crippen molar-refractivity contribution in [1.82, 2.24) is 9.21 Å². The highest BCUT2D eigenvalue weighted by atomic mass is 32.2. The van der Waals surface area contributed by atoms with Gasteiger partial charge in [-0.1, -0.05) is 24.3 Å². The third kappa shape index (κ3) is 5.03. The minimum Gasteiger partial charge on any atom is -0.491 e. The second-order valence-corrected chi connectivity index (χ2v) is 9.95. The molecule has 1 saturated heterocycles. The van der Waals surface area contributed by atoms with Crippen molar-refractivity contribution in [2.45, 2.75) is 38.7 Å². The normalized spacial score (nSPS) is 17.1. The average Bonchev–Trinajstić information content (AvgIpc) is 2.72. The lowest BCUT2D eigenvalue weighted by atomic mass is 10.0. The van der Waals surface area contributed by atoms with Crippen LogP contribution >= 0.6 is 0 Å². The molecule has 1 aliphatic heterocycles. The number of hydrogen-bond donors (Lipinski definition) is 1. The molecular weight excluding hydrogens is 400 g/mol. The summed E-state index contributed by atoms with van der Waals surface area (Å²) in [6.07, 6.45) is -0.628. The second-order valence-electron chi connectivity index (χ2n) is 8.07. The summed E-state index contributed by atoms with van der Waals surface area (Å²) in [5.74, 6) is 0.728. The molecule has 0 radical (unpaired) electrons. The third-order valence-electron chi connectivity index (χ3n) is 5.88. The minimum absolute atomic E-state index is 0.212. The Morgan fingerprint density at radius 1 is 0.967 bits per heavy atom. The van der Waals surface area contributed by atoms with Gasteiger partial charge >= 0.3 is 0 Å². The van der Waals surface area contributed by atoms with Gasteiger partial charge in [-0.25, -0.2) is 8.42 Å². The fraction of sp³-hybridized carbons (Fsp3) is 0.478. The van der Waals surface area contributed by atoms with Crippen molar-refractivity contribution in [3.63, 3.8) is 0 Å². The molecule has 1 N–H and O–H groups in total. The Labute approximate surface area is 180 Å². The lowest BCUT2D eigenvalue weighted by Gasteiger charge is -2.35. The number of rotatable bonds is 7. The van der Waals surface area contributed by atoms with E-state index in [0.29, 0.717) is 37.6 Å². The average molecular weight is 433 g/mol. The number of piperazine rings is 1. The molecule has 2 aromatic rings. The van der Waals surface area contributed by atoms with E-state index in [-0.39, 0.29) is 6.61 Å². The topological polar surface area (TPSA) is 70.1 Å². The zero-order chi connectivity index (χ0) is 21.9. The Kier molecular flexibility index (Phi) is 7.18. The molecule has 0 unspecified atom stereocenters. The molecule has 0 amide bonds. The van der Waals surface area contributed by atoms with E-state index in [9.17, 15) is 13.5 Å². The molecule has 0 bridgehead atoms. The van der Waals surface area contributed by atoms with Crippen LogP contribution in [0.1, 0.15) is 22.3 Å². The number of para-hydroxylation sites is 1. The van der Waals surface area contributed by atoms with Gasteiger partial charge in [-0.15, -0.1) is 0 Å². The smallest absolute Gasteiger partial charge is 0.243 e. The van der Waals surface area contributed by atoms with E-state index in [1.165, 1.54) is 0 Å². The number of benzene rings is 2. The maximum atomic E-state index is 13.4. The second kappa shape index (κ2) is 9.47. The van der Waals surface area contributed by atoms with Crippen molar-refractivity contribution in [2.24, 2.45) is 0 Å². The van der Waals surface area contributed by atoms with E-state index in [1.807, 2.05) is 64.1 Å². The highest BCUT2D eigenvalue weighted by Gasteiger charge is 2.32. The van der Waals surface area contributed by atoms with Gasteiger partial charge in [0.1, 0.15) is 18.5 Å². The van der Waals surface area contributed by atoms with Gasteiger partial charge < -0.3 is 9.84 Å². The van der Waals surface area contributed by atoms with Crippen molar-refractivity contribution in [1.29, 1.82) is 0 Å². The fourth-order valence-corrected chi connectivity index (χ4v) is 5.91. The molecule has 7 heteroatoms. The van der Waals surface area contributed by atoms with Crippen LogP contribution in [0.4, 0.5) is 0 Å². The number of sulfonamides is 1. The van der Waals surface area contributed by atoms with E-state index in [0.717, 1.165) is 28.0 Å². The maximum Gasteiger partial charge on any atom is 0.243 e. The summed E-state index contributed by atoms with van der Waals surface area (Å²) in [5.41, 5.74) is 3.65. The minimum atomic E-state index is -3.55. The van der Waals surface area contributed by atoms with Crippen LogP contribution in [0.25, 0.3) is 0 Å². The summed E-state index contributed by atoms with van der Waals surface area (Å²) in [5, 5.41) is 10.3. The highest BCUT2D eigenvalue weighted by Crippen LogP contribution is 2.29. The summed E-state index contributed by atoms with van der Waals surface area (Å²) in [4.78, 5) is 2.54. The molecule has 0 aromatic heterocycles. The Bertz CT molecular complexity index is 942. The van der Waals surface area contributed by atoms with Crippen molar-refractivity contribution < 1.29 is 18.3 Å². The van der Waals surface area contributed by atoms with Gasteiger partial charge in [0.25, 0.3) is 0 Å². The summed E-state index contributed by atoms with van der Waals surface area (Å²) in [6, 6.07) is 11.4. The van der Waals surface area contributed by atoms with Gasteiger partial charge in [-0.05, 0) is 62.1 Å². The van der Waals surface area contributed by atoms with Crippen LogP contribution in [0.2, 0.25) is 0 Å². The molecule has 1 atom stereocenters. The number of ether oxygens (including phenoxy) is 1. The van der Waals surface area contributed by atoms with Crippen LogP contribution < -0.4 is 4.74 Å². The molecule has 1 aliphatic rings. The highest BCUT2D eigenvalue weighted by molar-refractivity contribution is 7.89. The van der Waals surface area contributed by atoms with Crippen molar-refractivity contribution in [3.8, 4) is 5.75 Å². The van der Waals surface area contributed by atoms with Crippen molar-refractivity contribution in [2.75, 3.05) is 39.3 Å². The molecule has 1 fully saturated rings. The van der Waals surface area contributed by atoms with Crippen LogP contribution in [0, 0.1) is 27.7 Å². The van der Waals surface area contributed by atoms with Crippen molar-refractivity contribution in [3.05, 3.63) is 58.7 Å². The Morgan fingerprint density at radius 2 is 1.53 bits per heavy atom. The quantitative estimate of drug-likeness (QED) is 0.728. The van der Waals surface area contributed by atoms with Gasteiger partial charge in [0, 0.05) is 32.7 Å². The predicted octanol–water partition coefficient (Wildman–Crippen LogP) is 2.67. The molecule has 2 aromatic carbocycles. The zero-order valence-electron chi connectivity index (χ0n) is 18.3. The maximum absolute atomic E-state index is 13.4. The monoisotopic (exact) mass is 432 g/mol. The van der Waals surface area contributed by atoms with E-state index in [4.69, 9.17) is 4.74 Å². The predicted molar refractivity (Wildman–Crippen MR) is 119 cm³/mol. The van der Waals surface area contributed by atoms with Crippen molar-refractivity contribution >= 4 is 10.0 Å². The number of β-amino-alcohol motifs (C(OH)–C–C–N with tert-alkyl or cyclic N) is 1. The van der Waals surface area contributed by atoms with Gasteiger partial charge in [-0.2, -0.15) is 4.31 Å². The van der Waals surface area contributed by atoms with E-state index < -0.39 is 16.1 Å². The SMILES string of the molecule is Cc1cc(C)c(C)c(S(=O)(=O)N2CCN(C[C@@H](O)COc3ccccc3)CC2)c1C. The molecule has 30 heavy (non-hydrogen) atoms. The van der Waals surface area contributed by atoms with Gasteiger partial charge in [0.2, 0.25) is 10.0 Å². The lowest BCUT2D eigenvalue weighted by molar-refractivity contribution is 0.0569.